The van der Waals surface area contributed by atoms with E-state index in [0.717, 1.165) is 24.8 Å². The van der Waals surface area contributed by atoms with Crippen LogP contribution in [0.5, 0.6) is 0 Å². The van der Waals surface area contributed by atoms with Gasteiger partial charge in [0.2, 0.25) is 0 Å². The number of hydrogen-bond acceptors (Lipinski definition) is 4. The van der Waals surface area contributed by atoms with Crippen LogP contribution in [0.1, 0.15) is 47.3 Å². The molecule has 27 heavy (non-hydrogen) atoms. The topological polar surface area (TPSA) is 73.2 Å². The zero-order valence-corrected chi connectivity index (χ0v) is 16.2. The van der Waals surface area contributed by atoms with Crippen LogP contribution in [0.15, 0.2) is 24.3 Å². The molecular formula is C19H23ClFN3O3. The number of esters is 1. The Morgan fingerprint density at radius 1 is 1.22 bits per heavy atom. The molecule has 1 amide bonds. The molecule has 1 aromatic heterocycles. The van der Waals surface area contributed by atoms with Gasteiger partial charge in [-0.05, 0) is 37.5 Å². The summed E-state index contributed by atoms with van der Waals surface area (Å²) in [5.74, 6) is -0.820. The minimum atomic E-state index is -0.312. The largest absolute Gasteiger partial charge is 0.469 e. The number of halogens is 2. The van der Waals surface area contributed by atoms with E-state index in [1.165, 1.54) is 23.9 Å². The van der Waals surface area contributed by atoms with Crippen LogP contribution < -0.4 is 5.32 Å². The van der Waals surface area contributed by atoms with Gasteiger partial charge >= 0.3 is 5.97 Å². The molecule has 0 radical (unpaired) electrons. The molecule has 0 atom stereocenters. The highest BCUT2D eigenvalue weighted by Gasteiger charge is 2.20. The molecule has 2 rings (SSSR count). The number of benzene rings is 1. The Labute approximate surface area is 162 Å². The van der Waals surface area contributed by atoms with Crippen LogP contribution in [0.2, 0.25) is 5.15 Å². The van der Waals surface area contributed by atoms with E-state index in [4.69, 9.17) is 11.6 Å². The van der Waals surface area contributed by atoms with Gasteiger partial charge in [0.15, 0.2) is 0 Å². The highest BCUT2D eigenvalue weighted by molar-refractivity contribution is 6.33. The predicted molar refractivity (Wildman–Crippen MR) is 100 cm³/mol. The van der Waals surface area contributed by atoms with Gasteiger partial charge in [0.25, 0.3) is 5.91 Å². The van der Waals surface area contributed by atoms with Crippen LogP contribution >= 0.6 is 11.6 Å². The number of carbonyl (C=O) groups excluding carboxylic acids is 2. The predicted octanol–water partition coefficient (Wildman–Crippen LogP) is 3.50. The van der Waals surface area contributed by atoms with Crippen molar-refractivity contribution in [3.63, 3.8) is 0 Å². The average molecular weight is 396 g/mol. The molecule has 0 saturated heterocycles. The summed E-state index contributed by atoms with van der Waals surface area (Å²) in [7, 11) is 1.37. The van der Waals surface area contributed by atoms with Crippen molar-refractivity contribution in [1.29, 1.82) is 0 Å². The molecule has 0 saturated carbocycles. The van der Waals surface area contributed by atoms with Gasteiger partial charge in [0, 0.05) is 13.0 Å². The fourth-order valence-corrected chi connectivity index (χ4v) is 2.96. The molecule has 1 N–H and O–H groups in total. The lowest BCUT2D eigenvalue weighted by molar-refractivity contribution is -0.140. The highest BCUT2D eigenvalue weighted by atomic mass is 35.5. The summed E-state index contributed by atoms with van der Waals surface area (Å²) < 4.78 is 19.1. The summed E-state index contributed by atoms with van der Waals surface area (Å²) in [6, 6.07) is 6.04. The Bertz CT molecular complexity index is 790. The maximum absolute atomic E-state index is 13.0. The van der Waals surface area contributed by atoms with E-state index < -0.39 is 0 Å². The van der Waals surface area contributed by atoms with Crippen LogP contribution in [0.25, 0.3) is 0 Å². The molecule has 146 valence electrons. The fraction of sp³-hybridized carbons (Fsp3) is 0.421. The van der Waals surface area contributed by atoms with Gasteiger partial charge in [-0.25, -0.2) is 9.07 Å². The Hall–Kier alpha value is -2.41. The average Bonchev–Trinajstić information content (AvgIpc) is 2.92. The van der Waals surface area contributed by atoms with E-state index in [1.54, 1.807) is 19.1 Å². The number of ether oxygens (including phenoxy) is 1. The van der Waals surface area contributed by atoms with Crippen molar-refractivity contribution in [1.82, 2.24) is 15.1 Å². The van der Waals surface area contributed by atoms with Crippen molar-refractivity contribution in [3.8, 4) is 0 Å². The second kappa shape index (κ2) is 10.1. The number of rotatable bonds is 9. The number of methoxy groups -OCH3 is 1. The van der Waals surface area contributed by atoms with Gasteiger partial charge < -0.3 is 10.1 Å². The molecular weight excluding hydrogens is 373 g/mol. The van der Waals surface area contributed by atoms with Crippen molar-refractivity contribution in [2.45, 2.75) is 39.2 Å². The maximum Gasteiger partial charge on any atom is 0.305 e. The van der Waals surface area contributed by atoms with Gasteiger partial charge in [0.05, 0.1) is 24.9 Å². The van der Waals surface area contributed by atoms with Crippen molar-refractivity contribution >= 4 is 23.5 Å². The quantitative estimate of drug-likeness (QED) is 0.521. The molecule has 8 heteroatoms. The van der Waals surface area contributed by atoms with Gasteiger partial charge in [-0.15, -0.1) is 0 Å². The van der Waals surface area contributed by atoms with Gasteiger partial charge in [-0.1, -0.05) is 30.2 Å². The molecule has 2 aromatic rings. The van der Waals surface area contributed by atoms with Crippen LogP contribution in [-0.4, -0.2) is 35.3 Å². The Kier molecular flexibility index (Phi) is 7.79. The van der Waals surface area contributed by atoms with Crippen molar-refractivity contribution in [2.24, 2.45) is 0 Å². The first-order chi connectivity index (χ1) is 12.9. The summed E-state index contributed by atoms with van der Waals surface area (Å²) in [5.41, 5.74) is 1.71. The van der Waals surface area contributed by atoms with Crippen LogP contribution in [0, 0.1) is 12.7 Å². The Morgan fingerprint density at radius 2 is 1.93 bits per heavy atom. The van der Waals surface area contributed by atoms with E-state index in [0.29, 0.717) is 30.8 Å². The molecule has 6 nitrogen and oxygen atoms in total. The molecule has 0 unspecified atom stereocenters. The molecule has 0 aliphatic carbocycles. The third-order valence-corrected chi connectivity index (χ3v) is 4.49. The van der Waals surface area contributed by atoms with Crippen molar-refractivity contribution < 1.29 is 18.7 Å². The lowest BCUT2D eigenvalue weighted by atomic mass is 10.2. The normalized spacial score (nSPS) is 10.7. The minimum absolute atomic E-state index is 0.227. The summed E-state index contributed by atoms with van der Waals surface area (Å²) in [6.45, 7) is 2.55. The standard InChI is InChI=1S/C19H23ClFN3O3/c1-13-17(19(26)22-11-5-3-4-6-16(25)27-2)18(20)24(23-13)12-14-7-9-15(21)10-8-14/h7-10H,3-6,11-12H2,1-2H3,(H,22,26). The molecule has 0 bridgehead atoms. The summed E-state index contributed by atoms with van der Waals surface area (Å²) >= 11 is 6.33. The molecule has 0 fully saturated rings. The van der Waals surface area contributed by atoms with Crippen LogP contribution in [0.4, 0.5) is 4.39 Å². The number of nitrogens with one attached hydrogen (secondary N) is 1. The second-order valence-electron chi connectivity index (χ2n) is 6.18. The summed E-state index contributed by atoms with van der Waals surface area (Å²) in [5, 5.41) is 7.39. The van der Waals surface area contributed by atoms with Crippen LogP contribution in [0.3, 0.4) is 0 Å². The Balaban J connectivity index is 1.88. The number of nitrogens with zero attached hydrogens (tertiary/aromatic N) is 2. The van der Waals surface area contributed by atoms with Crippen LogP contribution in [-0.2, 0) is 16.1 Å². The fourth-order valence-electron chi connectivity index (χ4n) is 2.64. The van der Waals surface area contributed by atoms with Gasteiger partial charge in [0.1, 0.15) is 11.0 Å². The number of aryl methyl sites for hydroxylation is 1. The van der Waals surface area contributed by atoms with E-state index in [1.807, 2.05) is 0 Å². The molecule has 0 aliphatic heterocycles. The van der Waals surface area contributed by atoms with E-state index in [-0.39, 0.29) is 22.8 Å². The lowest BCUT2D eigenvalue weighted by Crippen LogP contribution is -2.25. The number of aromatic nitrogens is 2. The number of amides is 1. The van der Waals surface area contributed by atoms with E-state index >= 15 is 0 Å². The number of carbonyl (C=O) groups is 2. The monoisotopic (exact) mass is 395 g/mol. The smallest absolute Gasteiger partial charge is 0.305 e. The van der Waals surface area contributed by atoms with E-state index in [2.05, 4.69) is 15.2 Å². The molecule has 1 heterocycles. The van der Waals surface area contributed by atoms with Gasteiger partial charge in [-0.2, -0.15) is 5.10 Å². The zero-order valence-electron chi connectivity index (χ0n) is 15.4. The third-order valence-electron chi connectivity index (χ3n) is 4.11. The minimum Gasteiger partial charge on any atom is -0.469 e. The summed E-state index contributed by atoms with van der Waals surface area (Å²) in [4.78, 5) is 23.4. The molecule has 0 aliphatic rings. The first-order valence-corrected chi connectivity index (χ1v) is 9.12. The van der Waals surface area contributed by atoms with E-state index in [9.17, 15) is 14.0 Å². The lowest BCUT2D eigenvalue weighted by Gasteiger charge is -2.06. The first-order valence-electron chi connectivity index (χ1n) is 8.74. The SMILES string of the molecule is COC(=O)CCCCCNC(=O)c1c(C)nn(Cc2ccc(F)cc2)c1Cl. The second-order valence-corrected chi connectivity index (χ2v) is 6.54. The zero-order chi connectivity index (χ0) is 19.8. The van der Waals surface area contributed by atoms with Crippen molar-refractivity contribution in [2.75, 3.05) is 13.7 Å². The highest BCUT2D eigenvalue weighted by Crippen LogP contribution is 2.21. The van der Waals surface area contributed by atoms with Crippen molar-refractivity contribution in [3.05, 3.63) is 52.1 Å². The molecule has 1 aromatic carbocycles. The first kappa shape index (κ1) is 20.9. The van der Waals surface area contributed by atoms with Gasteiger partial charge in [-0.3, -0.25) is 9.59 Å². The molecule has 0 spiro atoms. The summed E-state index contributed by atoms with van der Waals surface area (Å²) in [6.07, 6.45) is 2.67. The maximum atomic E-state index is 13.0. The number of unbranched alkanes of at least 4 members (excludes halogenated alkanes) is 2. The number of hydrogen-bond donors (Lipinski definition) is 1. The third kappa shape index (κ3) is 6.06. The Morgan fingerprint density at radius 3 is 2.59 bits per heavy atom.